The van der Waals surface area contributed by atoms with E-state index in [0.717, 1.165) is 12.8 Å². The van der Waals surface area contributed by atoms with Gasteiger partial charge >= 0.3 is 11.9 Å². The van der Waals surface area contributed by atoms with Gasteiger partial charge in [0.2, 0.25) is 0 Å². The van der Waals surface area contributed by atoms with Crippen molar-refractivity contribution in [1.29, 1.82) is 0 Å². The summed E-state index contributed by atoms with van der Waals surface area (Å²) in [6.07, 6.45) is 2.10. The van der Waals surface area contributed by atoms with Crippen LogP contribution in [0.2, 0.25) is 0 Å². The summed E-state index contributed by atoms with van der Waals surface area (Å²) in [5.74, 6) is -1.02. The first kappa shape index (κ1) is 20.9. The summed E-state index contributed by atoms with van der Waals surface area (Å²) in [7, 11) is 1.29. The van der Waals surface area contributed by atoms with E-state index in [-0.39, 0.29) is 11.0 Å². The molecule has 7 nitrogen and oxygen atoms in total. The lowest BCUT2D eigenvalue weighted by Gasteiger charge is -2.30. The Morgan fingerprint density at radius 3 is 2.42 bits per heavy atom. The molecule has 1 saturated carbocycles. The van der Waals surface area contributed by atoms with Crippen LogP contribution in [0.15, 0.2) is 56.0 Å². The SMILES string of the molecule is COC(=O)C1=C(C)NC(C)=C(C(=O)OCC2CC2)C1c1cccc2c(=O)cc(C)oc12. The molecule has 0 amide bonds. The number of nitrogens with one attached hydrogen (secondary N) is 1. The highest BCUT2D eigenvalue weighted by Crippen LogP contribution is 2.42. The molecule has 0 saturated heterocycles. The van der Waals surface area contributed by atoms with E-state index in [9.17, 15) is 14.4 Å². The summed E-state index contributed by atoms with van der Waals surface area (Å²) in [6, 6.07) is 6.57. The Morgan fingerprint density at radius 2 is 1.77 bits per heavy atom. The molecule has 1 unspecified atom stereocenters. The second kappa shape index (κ2) is 8.06. The van der Waals surface area contributed by atoms with Crippen molar-refractivity contribution < 1.29 is 23.5 Å². The maximum absolute atomic E-state index is 13.2. The summed E-state index contributed by atoms with van der Waals surface area (Å²) in [5, 5.41) is 3.50. The first-order chi connectivity index (χ1) is 14.8. The molecule has 1 N–H and O–H groups in total. The number of hydrogen-bond acceptors (Lipinski definition) is 7. The lowest BCUT2D eigenvalue weighted by Crippen LogP contribution is -2.32. The predicted molar refractivity (Wildman–Crippen MR) is 114 cm³/mol. The second-order valence-electron chi connectivity index (χ2n) is 8.11. The number of rotatable bonds is 5. The van der Waals surface area contributed by atoms with Crippen LogP contribution >= 0.6 is 0 Å². The van der Waals surface area contributed by atoms with Crippen LogP contribution in [0, 0.1) is 12.8 Å². The minimum Gasteiger partial charge on any atom is -0.466 e. The van der Waals surface area contributed by atoms with Gasteiger partial charge < -0.3 is 19.2 Å². The Balaban J connectivity index is 1.93. The minimum absolute atomic E-state index is 0.187. The van der Waals surface area contributed by atoms with Gasteiger partial charge in [-0.25, -0.2) is 9.59 Å². The number of allylic oxidation sites excluding steroid dienone is 2. The molecule has 0 bridgehead atoms. The average molecular weight is 423 g/mol. The number of esters is 2. The number of hydrogen-bond donors (Lipinski definition) is 1. The summed E-state index contributed by atoms with van der Waals surface area (Å²) >= 11 is 0. The number of aryl methyl sites for hydroxylation is 1. The van der Waals surface area contributed by atoms with E-state index in [0.29, 0.717) is 51.8 Å². The molecule has 1 aliphatic heterocycles. The van der Waals surface area contributed by atoms with Crippen LogP contribution < -0.4 is 10.7 Å². The van der Waals surface area contributed by atoms with Crippen molar-refractivity contribution in [2.75, 3.05) is 13.7 Å². The van der Waals surface area contributed by atoms with Crippen molar-refractivity contribution in [2.45, 2.75) is 39.5 Å². The van der Waals surface area contributed by atoms with Crippen molar-refractivity contribution in [2.24, 2.45) is 5.92 Å². The standard InChI is InChI=1S/C24H25NO6/c1-12-10-18(26)16-6-5-7-17(22(16)31-12)21-19(23(27)29-4)13(2)25-14(3)20(21)24(28)30-11-15-8-9-15/h5-7,10,15,21,25H,8-9,11H2,1-4H3. The first-order valence-corrected chi connectivity index (χ1v) is 10.3. The Morgan fingerprint density at radius 1 is 1.10 bits per heavy atom. The van der Waals surface area contributed by atoms with Gasteiger partial charge in [-0.3, -0.25) is 4.79 Å². The molecule has 4 rings (SSSR count). The molecule has 162 valence electrons. The third-order valence-corrected chi connectivity index (χ3v) is 5.75. The molecule has 0 spiro atoms. The lowest BCUT2D eigenvalue weighted by molar-refractivity contribution is -0.140. The van der Waals surface area contributed by atoms with Crippen LogP contribution in [0.3, 0.4) is 0 Å². The zero-order valence-electron chi connectivity index (χ0n) is 18.0. The van der Waals surface area contributed by atoms with Crippen molar-refractivity contribution >= 4 is 22.9 Å². The number of carbonyl (C=O) groups is 2. The van der Waals surface area contributed by atoms with Crippen molar-refractivity contribution in [3.05, 3.63) is 68.4 Å². The van der Waals surface area contributed by atoms with E-state index in [1.165, 1.54) is 13.2 Å². The number of ether oxygens (including phenoxy) is 2. The van der Waals surface area contributed by atoms with Crippen LogP contribution in [-0.4, -0.2) is 25.7 Å². The van der Waals surface area contributed by atoms with E-state index >= 15 is 0 Å². The van der Waals surface area contributed by atoms with Gasteiger partial charge in [0.05, 0.1) is 36.2 Å². The molecule has 7 heteroatoms. The van der Waals surface area contributed by atoms with Crippen LogP contribution in [0.5, 0.6) is 0 Å². The molecule has 0 radical (unpaired) electrons. The average Bonchev–Trinajstić information content (AvgIpc) is 3.55. The molecule has 2 aliphatic rings. The second-order valence-corrected chi connectivity index (χ2v) is 8.11. The normalized spacial score (nSPS) is 18.8. The van der Waals surface area contributed by atoms with Crippen LogP contribution in [0.25, 0.3) is 11.0 Å². The van der Waals surface area contributed by atoms with Crippen LogP contribution in [0.4, 0.5) is 0 Å². The summed E-state index contributed by atoms with van der Waals surface area (Å²) in [4.78, 5) is 38.5. The fraction of sp³-hybridized carbons (Fsp3) is 0.375. The number of methoxy groups -OCH3 is 1. The van der Waals surface area contributed by atoms with Gasteiger partial charge in [-0.2, -0.15) is 0 Å². The fourth-order valence-electron chi connectivity index (χ4n) is 4.05. The number of fused-ring (bicyclic) bond motifs is 1. The van der Waals surface area contributed by atoms with Gasteiger partial charge in [0.1, 0.15) is 11.3 Å². The van der Waals surface area contributed by atoms with Gasteiger partial charge in [0.25, 0.3) is 0 Å². The smallest absolute Gasteiger partial charge is 0.336 e. The van der Waals surface area contributed by atoms with Gasteiger partial charge in [-0.1, -0.05) is 12.1 Å². The highest BCUT2D eigenvalue weighted by atomic mass is 16.5. The number of carbonyl (C=O) groups excluding carboxylic acids is 2. The summed E-state index contributed by atoms with van der Waals surface area (Å²) < 4.78 is 16.5. The molecule has 1 aliphatic carbocycles. The maximum atomic E-state index is 13.2. The number of dihydropyridines is 1. The summed E-state index contributed by atoms with van der Waals surface area (Å²) in [6.45, 7) is 5.56. The monoisotopic (exact) mass is 423 g/mol. The van der Waals surface area contributed by atoms with E-state index in [4.69, 9.17) is 13.9 Å². The van der Waals surface area contributed by atoms with Gasteiger partial charge in [-0.05, 0) is 45.6 Å². The Labute approximate surface area is 179 Å². The molecule has 1 atom stereocenters. The molecule has 2 heterocycles. The zero-order valence-corrected chi connectivity index (χ0v) is 18.0. The predicted octanol–water partition coefficient (Wildman–Crippen LogP) is 3.46. The molecular formula is C24H25NO6. The van der Waals surface area contributed by atoms with Crippen LogP contribution in [-0.2, 0) is 19.1 Å². The molecule has 2 aromatic rings. The highest BCUT2D eigenvalue weighted by molar-refractivity contribution is 6.01. The largest absolute Gasteiger partial charge is 0.466 e. The van der Waals surface area contributed by atoms with E-state index in [1.807, 2.05) is 0 Å². The number of para-hydroxylation sites is 1. The first-order valence-electron chi connectivity index (χ1n) is 10.3. The molecule has 31 heavy (non-hydrogen) atoms. The third-order valence-electron chi connectivity index (χ3n) is 5.75. The number of benzene rings is 1. The van der Waals surface area contributed by atoms with Gasteiger partial charge in [0, 0.05) is 23.0 Å². The summed E-state index contributed by atoms with van der Waals surface area (Å²) in [5.41, 5.74) is 2.44. The van der Waals surface area contributed by atoms with E-state index in [1.54, 1.807) is 39.0 Å². The Hall–Kier alpha value is -3.35. The third kappa shape index (κ3) is 3.87. The van der Waals surface area contributed by atoms with E-state index in [2.05, 4.69) is 5.32 Å². The molecule has 1 aromatic heterocycles. The lowest BCUT2D eigenvalue weighted by atomic mass is 9.79. The van der Waals surface area contributed by atoms with Crippen molar-refractivity contribution in [3.8, 4) is 0 Å². The minimum atomic E-state index is -0.797. The highest BCUT2D eigenvalue weighted by Gasteiger charge is 2.39. The van der Waals surface area contributed by atoms with Gasteiger partial charge in [0.15, 0.2) is 5.43 Å². The van der Waals surface area contributed by atoms with Gasteiger partial charge in [-0.15, -0.1) is 0 Å². The van der Waals surface area contributed by atoms with Crippen molar-refractivity contribution in [3.63, 3.8) is 0 Å². The Bertz CT molecular complexity index is 1200. The quantitative estimate of drug-likeness (QED) is 0.736. The Kier molecular flexibility index (Phi) is 5.43. The van der Waals surface area contributed by atoms with E-state index < -0.39 is 17.9 Å². The maximum Gasteiger partial charge on any atom is 0.336 e. The molecular weight excluding hydrogens is 398 g/mol. The zero-order chi connectivity index (χ0) is 22.3. The molecule has 1 aromatic carbocycles. The molecule has 1 fully saturated rings. The topological polar surface area (TPSA) is 94.8 Å². The van der Waals surface area contributed by atoms with Crippen molar-refractivity contribution in [1.82, 2.24) is 5.32 Å². The fourth-order valence-corrected chi connectivity index (χ4v) is 4.05. The van der Waals surface area contributed by atoms with Crippen LogP contribution in [0.1, 0.15) is 43.9 Å².